The van der Waals surface area contributed by atoms with E-state index in [0.29, 0.717) is 6.04 Å². The second-order valence-electron chi connectivity index (χ2n) is 5.55. The molecule has 2 nitrogen and oxygen atoms in total. The quantitative estimate of drug-likeness (QED) is 0.881. The molecule has 0 aromatic heterocycles. The summed E-state index contributed by atoms with van der Waals surface area (Å²) < 4.78 is 0. The van der Waals surface area contributed by atoms with E-state index in [1.54, 1.807) is 0 Å². The molecule has 0 saturated heterocycles. The van der Waals surface area contributed by atoms with Crippen LogP contribution < -0.4 is 0 Å². The second-order valence-corrected chi connectivity index (χ2v) is 5.55. The van der Waals surface area contributed by atoms with Crippen LogP contribution in [0.5, 0.6) is 0 Å². The predicted octanol–water partition coefficient (Wildman–Crippen LogP) is 3.37. The van der Waals surface area contributed by atoms with Crippen LogP contribution in [-0.4, -0.2) is 29.1 Å². The summed E-state index contributed by atoms with van der Waals surface area (Å²) in [5.74, 6) is 0. The molecule has 0 radical (unpaired) electrons. The Hall–Kier alpha value is -0.860. The Labute approximate surface area is 111 Å². The lowest BCUT2D eigenvalue weighted by Crippen LogP contribution is -2.42. The Morgan fingerprint density at radius 1 is 1.11 bits per heavy atom. The summed E-state index contributed by atoms with van der Waals surface area (Å²) in [6, 6.07) is 10.8. The number of likely N-dealkylation sites (N-methyl/N-ethyl adjacent to an activating group) is 1. The van der Waals surface area contributed by atoms with Crippen molar-refractivity contribution in [3.63, 3.8) is 0 Å². The van der Waals surface area contributed by atoms with Gasteiger partial charge in [-0.2, -0.15) is 0 Å². The largest absolute Gasteiger partial charge is 0.387 e. The molecule has 1 N–H and O–H groups in total. The molecule has 1 aliphatic carbocycles. The van der Waals surface area contributed by atoms with Gasteiger partial charge in [-0.1, -0.05) is 49.6 Å². The smallest absolute Gasteiger partial charge is 0.0942 e. The molecule has 2 unspecified atom stereocenters. The first-order valence-corrected chi connectivity index (χ1v) is 7.15. The molecule has 2 heteroatoms. The lowest BCUT2D eigenvalue weighted by molar-refractivity contribution is 0.0388. The Morgan fingerprint density at radius 2 is 1.72 bits per heavy atom. The molecule has 1 fully saturated rings. The summed E-state index contributed by atoms with van der Waals surface area (Å²) >= 11 is 0. The fraction of sp³-hybridized carbons (Fsp3) is 0.625. The lowest BCUT2D eigenvalue weighted by atomic mass is 9.92. The van der Waals surface area contributed by atoms with E-state index < -0.39 is 6.10 Å². The van der Waals surface area contributed by atoms with Gasteiger partial charge in [0.25, 0.3) is 0 Å². The molecule has 0 amide bonds. The highest BCUT2D eigenvalue weighted by Crippen LogP contribution is 2.27. The summed E-state index contributed by atoms with van der Waals surface area (Å²) in [6.45, 7) is 2.13. The number of rotatable bonds is 4. The van der Waals surface area contributed by atoms with Crippen LogP contribution in [0.25, 0.3) is 0 Å². The SMILES string of the molecule is CC(C(O)c1ccccc1)N(C)C1CCCCC1. The van der Waals surface area contributed by atoms with Gasteiger partial charge in [-0.05, 0) is 32.4 Å². The molecule has 1 aliphatic rings. The van der Waals surface area contributed by atoms with E-state index >= 15 is 0 Å². The minimum Gasteiger partial charge on any atom is -0.387 e. The topological polar surface area (TPSA) is 23.5 Å². The van der Waals surface area contributed by atoms with Gasteiger partial charge in [0, 0.05) is 12.1 Å². The van der Waals surface area contributed by atoms with Gasteiger partial charge < -0.3 is 5.11 Å². The number of hydrogen-bond acceptors (Lipinski definition) is 2. The van der Waals surface area contributed by atoms with Crippen molar-refractivity contribution in [2.75, 3.05) is 7.05 Å². The fourth-order valence-electron chi connectivity index (χ4n) is 2.97. The van der Waals surface area contributed by atoms with Gasteiger partial charge in [0.2, 0.25) is 0 Å². The number of benzene rings is 1. The van der Waals surface area contributed by atoms with E-state index in [0.717, 1.165) is 5.56 Å². The second kappa shape index (κ2) is 6.35. The lowest BCUT2D eigenvalue weighted by Gasteiger charge is -2.37. The fourth-order valence-corrected chi connectivity index (χ4v) is 2.97. The maximum atomic E-state index is 10.4. The van der Waals surface area contributed by atoms with Crippen molar-refractivity contribution in [2.45, 2.75) is 57.2 Å². The zero-order chi connectivity index (χ0) is 13.0. The molecule has 0 bridgehead atoms. The van der Waals surface area contributed by atoms with E-state index in [2.05, 4.69) is 18.9 Å². The summed E-state index contributed by atoms with van der Waals surface area (Å²) in [6.07, 6.45) is 6.22. The Bertz CT molecular complexity index is 345. The average molecular weight is 247 g/mol. The van der Waals surface area contributed by atoms with Crippen LogP contribution in [-0.2, 0) is 0 Å². The van der Waals surface area contributed by atoms with Gasteiger partial charge in [-0.3, -0.25) is 4.90 Å². The Kier molecular flexibility index (Phi) is 4.79. The summed E-state index contributed by atoms with van der Waals surface area (Å²) in [5, 5.41) is 10.4. The van der Waals surface area contributed by atoms with Crippen LogP contribution in [0.1, 0.15) is 50.7 Å². The maximum Gasteiger partial charge on any atom is 0.0942 e. The molecule has 1 saturated carbocycles. The molecule has 2 rings (SSSR count). The van der Waals surface area contributed by atoms with Crippen molar-refractivity contribution in [3.8, 4) is 0 Å². The zero-order valence-electron chi connectivity index (χ0n) is 11.5. The van der Waals surface area contributed by atoms with Crippen molar-refractivity contribution in [3.05, 3.63) is 35.9 Å². The third-order valence-electron chi connectivity index (χ3n) is 4.39. The van der Waals surface area contributed by atoms with E-state index in [4.69, 9.17) is 0 Å². The van der Waals surface area contributed by atoms with E-state index in [1.165, 1.54) is 32.1 Å². The van der Waals surface area contributed by atoms with E-state index in [-0.39, 0.29) is 6.04 Å². The van der Waals surface area contributed by atoms with Crippen molar-refractivity contribution in [1.29, 1.82) is 0 Å². The molecule has 2 atom stereocenters. The van der Waals surface area contributed by atoms with Gasteiger partial charge >= 0.3 is 0 Å². The highest BCUT2D eigenvalue weighted by atomic mass is 16.3. The van der Waals surface area contributed by atoms with Crippen LogP contribution >= 0.6 is 0 Å². The normalized spacial score (nSPS) is 20.9. The number of hydrogen-bond donors (Lipinski definition) is 1. The molecule has 18 heavy (non-hydrogen) atoms. The summed E-state index contributed by atoms with van der Waals surface area (Å²) in [4.78, 5) is 2.37. The van der Waals surface area contributed by atoms with Crippen molar-refractivity contribution in [2.24, 2.45) is 0 Å². The van der Waals surface area contributed by atoms with Gasteiger partial charge in [0.15, 0.2) is 0 Å². The third kappa shape index (κ3) is 3.12. The van der Waals surface area contributed by atoms with Crippen molar-refractivity contribution < 1.29 is 5.11 Å². The molecular formula is C16H25NO. The first kappa shape index (κ1) is 13.6. The van der Waals surface area contributed by atoms with Crippen molar-refractivity contribution >= 4 is 0 Å². The zero-order valence-corrected chi connectivity index (χ0v) is 11.5. The van der Waals surface area contributed by atoms with Crippen LogP contribution in [0, 0.1) is 0 Å². The van der Waals surface area contributed by atoms with Crippen LogP contribution in [0.3, 0.4) is 0 Å². The highest BCUT2D eigenvalue weighted by molar-refractivity contribution is 5.18. The van der Waals surface area contributed by atoms with E-state index in [1.807, 2.05) is 30.3 Å². The minimum absolute atomic E-state index is 0.176. The van der Waals surface area contributed by atoms with Gasteiger partial charge in [0.1, 0.15) is 0 Å². The molecular weight excluding hydrogens is 222 g/mol. The van der Waals surface area contributed by atoms with Gasteiger partial charge in [0.05, 0.1) is 6.10 Å². The van der Waals surface area contributed by atoms with Gasteiger partial charge in [-0.15, -0.1) is 0 Å². The molecule has 1 aromatic rings. The minimum atomic E-state index is -0.391. The summed E-state index contributed by atoms with van der Waals surface area (Å²) in [5.41, 5.74) is 1.02. The standard InChI is InChI=1S/C16H25NO/c1-13(16(18)14-9-5-3-6-10-14)17(2)15-11-7-4-8-12-15/h3,5-6,9-10,13,15-16,18H,4,7-8,11-12H2,1-2H3. The van der Waals surface area contributed by atoms with Crippen molar-refractivity contribution in [1.82, 2.24) is 4.90 Å². The first-order chi connectivity index (χ1) is 8.70. The number of nitrogens with zero attached hydrogens (tertiary/aromatic N) is 1. The maximum absolute atomic E-state index is 10.4. The monoisotopic (exact) mass is 247 g/mol. The highest BCUT2D eigenvalue weighted by Gasteiger charge is 2.26. The van der Waals surface area contributed by atoms with Crippen LogP contribution in [0.15, 0.2) is 30.3 Å². The molecule has 100 valence electrons. The molecule has 0 heterocycles. The average Bonchev–Trinajstić information content (AvgIpc) is 2.47. The van der Waals surface area contributed by atoms with Gasteiger partial charge in [-0.25, -0.2) is 0 Å². The molecule has 0 aliphatic heterocycles. The third-order valence-corrected chi connectivity index (χ3v) is 4.39. The van der Waals surface area contributed by atoms with Crippen LogP contribution in [0.4, 0.5) is 0 Å². The first-order valence-electron chi connectivity index (χ1n) is 7.15. The molecule has 0 spiro atoms. The number of aliphatic hydroxyl groups is 1. The summed E-state index contributed by atoms with van der Waals surface area (Å²) in [7, 11) is 2.16. The van der Waals surface area contributed by atoms with Crippen LogP contribution in [0.2, 0.25) is 0 Å². The van der Waals surface area contributed by atoms with E-state index in [9.17, 15) is 5.11 Å². The predicted molar refractivity (Wildman–Crippen MR) is 75.5 cm³/mol. The molecule has 1 aromatic carbocycles. The Morgan fingerprint density at radius 3 is 2.33 bits per heavy atom. The Balaban J connectivity index is 1.99. The number of aliphatic hydroxyl groups excluding tert-OH is 1.